The van der Waals surface area contributed by atoms with Crippen molar-refractivity contribution in [1.29, 1.82) is 0 Å². The molecule has 0 bridgehead atoms. The second-order valence-corrected chi connectivity index (χ2v) is 6.50. The molecule has 0 fully saturated rings. The van der Waals surface area contributed by atoms with Crippen molar-refractivity contribution >= 4 is 28.9 Å². The van der Waals surface area contributed by atoms with Crippen LogP contribution >= 0.6 is 11.3 Å². The van der Waals surface area contributed by atoms with Gasteiger partial charge in [0.2, 0.25) is 5.91 Å². The van der Waals surface area contributed by atoms with E-state index in [1.54, 1.807) is 5.38 Å². The van der Waals surface area contributed by atoms with E-state index in [4.69, 9.17) is 0 Å². The summed E-state index contributed by atoms with van der Waals surface area (Å²) in [5, 5.41) is 11.2. The maximum atomic E-state index is 12.0. The second kappa shape index (κ2) is 7.35. The molecule has 2 heterocycles. The average molecular weight is 342 g/mol. The molecule has 0 saturated heterocycles. The van der Waals surface area contributed by atoms with E-state index in [-0.39, 0.29) is 11.8 Å². The van der Waals surface area contributed by atoms with Crippen molar-refractivity contribution in [3.8, 4) is 0 Å². The Labute approximate surface area is 144 Å². The van der Waals surface area contributed by atoms with Gasteiger partial charge in [-0.2, -0.15) is 5.10 Å². The molecule has 3 rings (SSSR count). The Bertz CT molecular complexity index is 770. The Morgan fingerprint density at radius 2 is 2.08 bits per heavy atom. The average Bonchev–Trinajstić information content (AvgIpc) is 3.04. The Kier molecular flexibility index (Phi) is 5.00. The van der Waals surface area contributed by atoms with Gasteiger partial charge in [-0.1, -0.05) is 30.3 Å². The molecule has 0 radical (unpaired) electrons. The summed E-state index contributed by atoms with van der Waals surface area (Å²) in [7, 11) is 0. The zero-order valence-corrected chi connectivity index (χ0v) is 14.2. The molecule has 0 aliphatic carbocycles. The number of aromatic nitrogens is 1. The number of rotatable bonds is 5. The first-order valence-corrected chi connectivity index (χ1v) is 8.65. The Morgan fingerprint density at radius 1 is 1.29 bits per heavy atom. The largest absolute Gasteiger partial charge is 0.349 e. The third-order valence-electron chi connectivity index (χ3n) is 3.67. The first-order valence-electron chi connectivity index (χ1n) is 7.77. The number of benzene rings is 1. The van der Waals surface area contributed by atoms with Gasteiger partial charge in [0.05, 0.1) is 17.3 Å². The van der Waals surface area contributed by atoms with E-state index in [0.29, 0.717) is 31.6 Å². The topological polar surface area (TPSA) is 74.7 Å². The summed E-state index contributed by atoms with van der Waals surface area (Å²) in [5.41, 5.74) is 2.34. The molecule has 124 valence electrons. The first-order chi connectivity index (χ1) is 11.6. The highest BCUT2D eigenvalue weighted by Crippen LogP contribution is 2.14. The number of carbonyl (C=O) groups excluding carboxylic acids is 2. The third kappa shape index (κ3) is 3.86. The van der Waals surface area contributed by atoms with Gasteiger partial charge >= 0.3 is 0 Å². The number of hydrogen-bond acceptors (Lipinski definition) is 5. The minimum absolute atomic E-state index is 0.0200. The SMILES string of the molecule is Cc1nc(C(=O)NCCN2N=C(c3ccccc3)CCC2=O)cs1. The van der Waals surface area contributed by atoms with Gasteiger partial charge in [0, 0.05) is 24.8 Å². The minimum atomic E-state index is -0.226. The van der Waals surface area contributed by atoms with Gasteiger partial charge in [0.15, 0.2) is 0 Å². The van der Waals surface area contributed by atoms with E-state index in [0.717, 1.165) is 16.3 Å². The lowest BCUT2D eigenvalue weighted by atomic mass is 10.0. The molecule has 0 unspecified atom stereocenters. The van der Waals surface area contributed by atoms with Gasteiger partial charge in [-0.15, -0.1) is 11.3 Å². The molecule has 2 amide bonds. The van der Waals surface area contributed by atoms with E-state index in [1.807, 2.05) is 37.3 Å². The number of amides is 2. The molecule has 0 atom stereocenters. The number of carbonyl (C=O) groups is 2. The smallest absolute Gasteiger partial charge is 0.270 e. The van der Waals surface area contributed by atoms with Crippen LogP contribution in [0.1, 0.15) is 33.9 Å². The summed E-state index contributed by atoms with van der Waals surface area (Å²) < 4.78 is 0. The fraction of sp³-hybridized carbons (Fsp3) is 0.294. The minimum Gasteiger partial charge on any atom is -0.349 e. The summed E-state index contributed by atoms with van der Waals surface area (Å²) in [5.74, 6) is -0.246. The lowest BCUT2D eigenvalue weighted by molar-refractivity contribution is -0.131. The second-order valence-electron chi connectivity index (χ2n) is 5.44. The maximum Gasteiger partial charge on any atom is 0.270 e. The Morgan fingerprint density at radius 3 is 2.79 bits per heavy atom. The fourth-order valence-electron chi connectivity index (χ4n) is 2.45. The van der Waals surface area contributed by atoms with Crippen LogP contribution in [0, 0.1) is 6.92 Å². The van der Waals surface area contributed by atoms with Gasteiger partial charge in [-0.3, -0.25) is 9.59 Å². The highest BCUT2D eigenvalue weighted by molar-refractivity contribution is 7.09. The van der Waals surface area contributed by atoms with E-state index in [2.05, 4.69) is 15.4 Å². The summed E-state index contributed by atoms with van der Waals surface area (Å²) in [6.07, 6.45) is 1.08. The van der Waals surface area contributed by atoms with Crippen molar-refractivity contribution in [2.45, 2.75) is 19.8 Å². The van der Waals surface area contributed by atoms with Gasteiger partial charge < -0.3 is 5.32 Å². The third-order valence-corrected chi connectivity index (χ3v) is 4.45. The zero-order valence-electron chi connectivity index (χ0n) is 13.4. The van der Waals surface area contributed by atoms with E-state index < -0.39 is 0 Å². The van der Waals surface area contributed by atoms with Crippen LogP contribution in [0.3, 0.4) is 0 Å². The van der Waals surface area contributed by atoms with Crippen molar-refractivity contribution in [3.63, 3.8) is 0 Å². The van der Waals surface area contributed by atoms with E-state index in [9.17, 15) is 9.59 Å². The zero-order chi connectivity index (χ0) is 16.9. The van der Waals surface area contributed by atoms with Crippen LogP contribution in [0.5, 0.6) is 0 Å². The van der Waals surface area contributed by atoms with Gasteiger partial charge in [0.25, 0.3) is 5.91 Å². The van der Waals surface area contributed by atoms with Crippen molar-refractivity contribution in [1.82, 2.24) is 15.3 Å². The summed E-state index contributed by atoms with van der Waals surface area (Å²) in [6, 6.07) is 9.83. The monoisotopic (exact) mass is 342 g/mol. The molecular formula is C17H18N4O2S. The standard InChI is InChI=1S/C17H18N4O2S/c1-12-19-15(11-24-12)17(23)18-9-10-21-16(22)8-7-14(20-21)13-5-3-2-4-6-13/h2-6,11H,7-10H2,1H3,(H,18,23). The molecule has 1 aliphatic rings. The molecule has 1 aromatic carbocycles. The number of thiazole rings is 1. The number of nitrogens with one attached hydrogen (secondary N) is 1. The lowest BCUT2D eigenvalue weighted by Crippen LogP contribution is -2.38. The molecule has 1 aromatic heterocycles. The van der Waals surface area contributed by atoms with E-state index in [1.165, 1.54) is 16.3 Å². The van der Waals surface area contributed by atoms with E-state index >= 15 is 0 Å². The highest BCUT2D eigenvalue weighted by Gasteiger charge is 2.21. The molecule has 7 heteroatoms. The molecule has 0 spiro atoms. The number of hydrogen-bond donors (Lipinski definition) is 1. The van der Waals surface area contributed by atoms with Crippen LogP contribution in [-0.2, 0) is 4.79 Å². The van der Waals surface area contributed by atoms with Gasteiger partial charge in [0.1, 0.15) is 5.69 Å². The van der Waals surface area contributed by atoms with Crippen LogP contribution in [0.25, 0.3) is 0 Å². The quantitative estimate of drug-likeness (QED) is 0.905. The van der Waals surface area contributed by atoms with Crippen molar-refractivity contribution in [2.75, 3.05) is 13.1 Å². The van der Waals surface area contributed by atoms with Crippen LogP contribution < -0.4 is 5.32 Å². The van der Waals surface area contributed by atoms with Crippen molar-refractivity contribution < 1.29 is 9.59 Å². The normalized spacial score (nSPS) is 14.5. The van der Waals surface area contributed by atoms with Crippen LogP contribution in [0.2, 0.25) is 0 Å². The maximum absolute atomic E-state index is 12.0. The molecular weight excluding hydrogens is 324 g/mol. The van der Waals surface area contributed by atoms with Gasteiger partial charge in [-0.25, -0.2) is 9.99 Å². The Balaban J connectivity index is 1.59. The number of hydrazone groups is 1. The Hall–Kier alpha value is -2.54. The summed E-state index contributed by atoms with van der Waals surface area (Å²) in [4.78, 5) is 28.1. The fourth-order valence-corrected chi connectivity index (χ4v) is 3.04. The first kappa shape index (κ1) is 16.3. The van der Waals surface area contributed by atoms with Crippen molar-refractivity contribution in [2.24, 2.45) is 5.10 Å². The van der Waals surface area contributed by atoms with Gasteiger partial charge in [-0.05, 0) is 12.5 Å². The van der Waals surface area contributed by atoms with Crippen LogP contribution in [0.15, 0.2) is 40.8 Å². The molecule has 24 heavy (non-hydrogen) atoms. The molecule has 2 aromatic rings. The molecule has 1 N–H and O–H groups in total. The number of aryl methyl sites for hydroxylation is 1. The lowest BCUT2D eigenvalue weighted by Gasteiger charge is -2.23. The molecule has 6 nitrogen and oxygen atoms in total. The van der Waals surface area contributed by atoms with Crippen molar-refractivity contribution in [3.05, 3.63) is 52.0 Å². The van der Waals surface area contributed by atoms with Crippen LogP contribution in [-0.4, -0.2) is 40.6 Å². The van der Waals surface area contributed by atoms with Crippen LogP contribution in [0.4, 0.5) is 0 Å². The number of nitrogens with zero attached hydrogens (tertiary/aromatic N) is 3. The summed E-state index contributed by atoms with van der Waals surface area (Å²) >= 11 is 1.43. The highest BCUT2D eigenvalue weighted by atomic mass is 32.1. The predicted molar refractivity (Wildman–Crippen MR) is 93.1 cm³/mol. The molecule has 0 saturated carbocycles. The predicted octanol–water partition coefficient (Wildman–Crippen LogP) is 2.21. The molecule has 1 aliphatic heterocycles. The summed E-state index contributed by atoms with van der Waals surface area (Å²) in [6.45, 7) is 2.55.